The minimum Gasteiger partial charge on any atom is -0.395 e. The number of aliphatic hydroxyl groups is 1. The number of aromatic amines is 1. The molecular formula is C17H23FN4O2. The molecule has 0 spiro atoms. The van der Waals surface area contributed by atoms with Crippen molar-refractivity contribution in [2.24, 2.45) is 0 Å². The summed E-state index contributed by atoms with van der Waals surface area (Å²) in [6.07, 6.45) is 1.59. The summed E-state index contributed by atoms with van der Waals surface area (Å²) in [5.74, 6) is -0.364. The number of hydrogen-bond acceptors (Lipinski definition) is 4. The van der Waals surface area contributed by atoms with Crippen molar-refractivity contribution in [2.45, 2.75) is 20.0 Å². The highest BCUT2D eigenvalue weighted by Crippen LogP contribution is 2.08. The molecule has 0 bridgehead atoms. The number of rotatable bonds is 8. The first-order valence-corrected chi connectivity index (χ1v) is 7.80. The topological polar surface area (TPSA) is 72.5 Å². The summed E-state index contributed by atoms with van der Waals surface area (Å²) < 4.78 is 12.9. The van der Waals surface area contributed by atoms with E-state index < -0.39 is 0 Å². The molecule has 1 aromatic heterocycles. The summed E-state index contributed by atoms with van der Waals surface area (Å²) >= 11 is 0. The number of carbonyl (C=O) groups is 1. The first-order chi connectivity index (χ1) is 11.5. The summed E-state index contributed by atoms with van der Waals surface area (Å²) in [5, 5.41) is 9.21. The minimum absolute atomic E-state index is 0.0870. The summed E-state index contributed by atoms with van der Waals surface area (Å²) in [4.78, 5) is 23.1. The molecule has 1 heterocycles. The SMILES string of the molecule is Cc1[nH]cnc1CN(CCO)C(=O)CN(C)Cc1ccc(F)cc1. The minimum atomic E-state index is -0.277. The Hall–Kier alpha value is -2.25. The lowest BCUT2D eigenvalue weighted by Gasteiger charge is -2.24. The Bertz CT molecular complexity index is 657. The first-order valence-electron chi connectivity index (χ1n) is 7.80. The Kier molecular flexibility index (Phi) is 6.45. The second-order valence-corrected chi connectivity index (χ2v) is 5.81. The second-order valence-electron chi connectivity index (χ2n) is 5.81. The van der Waals surface area contributed by atoms with Gasteiger partial charge in [-0.05, 0) is 31.7 Å². The van der Waals surface area contributed by atoms with Crippen LogP contribution in [0, 0.1) is 12.7 Å². The van der Waals surface area contributed by atoms with Crippen LogP contribution < -0.4 is 0 Å². The van der Waals surface area contributed by atoms with Gasteiger partial charge in [-0.25, -0.2) is 9.37 Å². The maximum Gasteiger partial charge on any atom is 0.237 e. The van der Waals surface area contributed by atoms with Crippen LogP contribution in [0.2, 0.25) is 0 Å². The van der Waals surface area contributed by atoms with Gasteiger partial charge in [0.15, 0.2) is 0 Å². The van der Waals surface area contributed by atoms with Crippen LogP contribution in [0.5, 0.6) is 0 Å². The lowest BCUT2D eigenvalue weighted by atomic mass is 10.2. The number of benzene rings is 1. The molecule has 6 nitrogen and oxygen atoms in total. The molecule has 2 aromatic rings. The third-order valence-electron chi connectivity index (χ3n) is 3.77. The van der Waals surface area contributed by atoms with Gasteiger partial charge in [0.25, 0.3) is 0 Å². The molecule has 0 aliphatic rings. The number of nitrogens with zero attached hydrogens (tertiary/aromatic N) is 3. The molecule has 2 N–H and O–H groups in total. The van der Waals surface area contributed by atoms with Gasteiger partial charge in [-0.15, -0.1) is 0 Å². The molecule has 0 fully saturated rings. The van der Waals surface area contributed by atoms with E-state index >= 15 is 0 Å². The average molecular weight is 334 g/mol. The average Bonchev–Trinajstić information content (AvgIpc) is 2.94. The van der Waals surface area contributed by atoms with Crippen molar-refractivity contribution >= 4 is 5.91 Å². The van der Waals surface area contributed by atoms with E-state index in [9.17, 15) is 14.3 Å². The van der Waals surface area contributed by atoms with Crippen LogP contribution in [0.15, 0.2) is 30.6 Å². The molecule has 130 valence electrons. The molecular weight excluding hydrogens is 311 g/mol. The van der Waals surface area contributed by atoms with Gasteiger partial charge in [0.2, 0.25) is 5.91 Å². The van der Waals surface area contributed by atoms with E-state index in [0.29, 0.717) is 13.1 Å². The van der Waals surface area contributed by atoms with Gasteiger partial charge in [-0.2, -0.15) is 0 Å². The highest BCUT2D eigenvalue weighted by atomic mass is 19.1. The standard InChI is InChI=1S/C17H23FN4O2/c1-13-16(20-12-19-13)10-22(7-8-23)17(24)11-21(2)9-14-3-5-15(18)6-4-14/h3-6,12,23H,7-11H2,1-2H3,(H,19,20). The zero-order valence-corrected chi connectivity index (χ0v) is 14.0. The Morgan fingerprint density at radius 3 is 2.58 bits per heavy atom. The maximum atomic E-state index is 12.9. The number of carbonyl (C=O) groups excluding carboxylic acids is 1. The van der Waals surface area contributed by atoms with E-state index in [2.05, 4.69) is 9.97 Å². The van der Waals surface area contributed by atoms with Gasteiger partial charge in [0.05, 0.1) is 31.7 Å². The number of aryl methyl sites for hydroxylation is 1. The molecule has 24 heavy (non-hydrogen) atoms. The van der Waals surface area contributed by atoms with Crippen molar-refractivity contribution in [1.29, 1.82) is 0 Å². The highest BCUT2D eigenvalue weighted by molar-refractivity contribution is 5.78. The van der Waals surface area contributed by atoms with Crippen LogP contribution in [0.25, 0.3) is 0 Å². The van der Waals surface area contributed by atoms with E-state index in [0.717, 1.165) is 17.0 Å². The molecule has 7 heteroatoms. The third kappa shape index (κ3) is 5.14. The number of amides is 1. The summed E-state index contributed by atoms with van der Waals surface area (Å²) in [6.45, 7) is 3.16. The monoisotopic (exact) mass is 334 g/mol. The Morgan fingerprint density at radius 2 is 2.00 bits per heavy atom. The molecule has 2 rings (SSSR count). The molecule has 0 radical (unpaired) electrons. The van der Waals surface area contributed by atoms with Crippen molar-refractivity contribution < 1.29 is 14.3 Å². The van der Waals surface area contributed by atoms with E-state index in [1.54, 1.807) is 23.4 Å². The Morgan fingerprint density at radius 1 is 1.29 bits per heavy atom. The molecule has 0 aliphatic heterocycles. The van der Waals surface area contributed by atoms with E-state index in [4.69, 9.17) is 0 Å². The molecule has 0 saturated carbocycles. The predicted octanol–water partition coefficient (Wildman–Crippen LogP) is 1.31. The van der Waals surface area contributed by atoms with Crippen LogP contribution in [-0.4, -0.2) is 57.5 Å². The molecule has 1 amide bonds. The van der Waals surface area contributed by atoms with Crippen molar-refractivity contribution in [3.63, 3.8) is 0 Å². The zero-order chi connectivity index (χ0) is 17.5. The van der Waals surface area contributed by atoms with Gasteiger partial charge in [-0.3, -0.25) is 9.69 Å². The van der Waals surface area contributed by atoms with Crippen molar-refractivity contribution in [2.75, 3.05) is 26.7 Å². The zero-order valence-electron chi connectivity index (χ0n) is 14.0. The van der Waals surface area contributed by atoms with Gasteiger partial charge >= 0.3 is 0 Å². The lowest BCUT2D eigenvalue weighted by Crippen LogP contribution is -2.40. The second kappa shape index (κ2) is 8.56. The molecule has 1 aromatic carbocycles. The number of hydrogen-bond donors (Lipinski definition) is 2. The van der Waals surface area contributed by atoms with Crippen LogP contribution >= 0.6 is 0 Å². The van der Waals surface area contributed by atoms with Crippen LogP contribution in [0.1, 0.15) is 17.0 Å². The van der Waals surface area contributed by atoms with Crippen LogP contribution in [0.3, 0.4) is 0 Å². The fourth-order valence-electron chi connectivity index (χ4n) is 2.43. The lowest BCUT2D eigenvalue weighted by molar-refractivity contribution is -0.133. The summed E-state index contributed by atoms with van der Waals surface area (Å²) in [7, 11) is 1.83. The van der Waals surface area contributed by atoms with Gasteiger partial charge in [0.1, 0.15) is 5.82 Å². The number of H-pyrrole nitrogens is 1. The number of imidazole rings is 1. The number of aliphatic hydroxyl groups excluding tert-OH is 1. The summed E-state index contributed by atoms with van der Waals surface area (Å²) in [6, 6.07) is 6.22. The smallest absolute Gasteiger partial charge is 0.237 e. The third-order valence-corrected chi connectivity index (χ3v) is 3.77. The van der Waals surface area contributed by atoms with Gasteiger partial charge in [-0.1, -0.05) is 12.1 Å². The number of likely N-dealkylation sites (N-methyl/N-ethyl adjacent to an activating group) is 1. The fourth-order valence-corrected chi connectivity index (χ4v) is 2.43. The normalized spacial score (nSPS) is 11.0. The van der Waals surface area contributed by atoms with E-state index in [-0.39, 0.29) is 31.4 Å². The number of halogens is 1. The van der Waals surface area contributed by atoms with Crippen molar-refractivity contribution in [3.05, 3.63) is 53.4 Å². The molecule has 0 aliphatic carbocycles. The highest BCUT2D eigenvalue weighted by Gasteiger charge is 2.17. The quantitative estimate of drug-likeness (QED) is 0.763. The fraction of sp³-hybridized carbons (Fsp3) is 0.412. The van der Waals surface area contributed by atoms with Crippen molar-refractivity contribution in [3.8, 4) is 0 Å². The van der Waals surface area contributed by atoms with E-state index in [1.165, 1.54) is 12.1 Å². The Labute approximate surface area is 140 Å². The predicted molar refractivity (Wildman–Crippen MR) is 88.6 cm³/mol. The maximum absolute atomic E-state index is 12.9. The number of nitrogens with one attached hydrogen (secondary N) is 1. The molecule has 0 atom stereocenters. The molecule has 0 saturated heterocycles. The van der Waals surface area contributed by atoms with Crippen LogP contribution in [0.4, 0.5) is 4.39 Å². The van der Waals surface area contributed by atoms with Gasteiger partial charge in [0, 0.05) is 18.8 Å². The summed E-state index contributed by atoms with van der Waals surface area (Å²) in [5.41, 5.74) is 2.63. The Balaban J connectivity index is 1.93. The number of aromatic nitrogens is 2. The molecule has 0 unspecified atom stereocenters. The van der Waals surface area contributed by atoms with Crippen molar-refractivity contribution in [1.82, 2.24) is 19.8 Å². The van der Waals surface area contributed by atoms with E-state index in [1.807, 2.05) is 18.9 Å². The first kappa shape index (κ1) is 18.1. The van der Waals surface area contributed by atoms with Gasteiger partial charge < -0.3 is 15.0 Å². The largest absolute Gasteiger partial charge is 0.395 e. The van der Waals surface area contributed by atoms with Crippen LogP contribution in [-0.2, 0) is 17.9 Å².